The van der Waals surface area contributed by atoms with E-state index in [0.29, 0.717) is 32.5 Å². The molecule has 1 aromatic carbocycles. The summed E-state index contributed by atoms with van der Waals surface area (Å²) >= 11 is 0. The van der Waals surface area contributed by atoms with Gasteiger partial charge in [-0.15, -0.1) is 0 Å². The van der Waals surface area contributed by atoms with Gasteiger partial charge in [-0.1, -0.05) is 18.2 Å². The second-order valence-corrected chi connectivity index (χ2v) is 5.29. The minimum atomic E-state index is 0.143. The van der Waals surface area contributed by atoms with Crippen molar-refractivity contribution in [3.8, 4) is 5.75 Å². The minimum Gasteiger partial charge on any atom is -0.494 e. The maximum Gasteiger partial charge on any atom is 0.223 e. The topological polar surface area (TPSA) is 55.3 Å². The summed E-state index contributed by atoms with van der Waals surface area (Å²) < 4.78 is 5.60. The van der Waals surface area contributed by atoms with Crippen molar-refractivity contribution in [1.82, 2.24) is 14.9 Å². The first-order valence-corrected chi connectivity index (χ1v) is 7.54. The maximum atomic E-state index is 12.4. The number of benzene rings is 1. The molecule has 0 spiro atoms. The van der Waals surface area contributed by atoms with Gasteiger partial charge in [-0.25, -0.2) is 9.97 Å². The van der Waals surface area contributed by atoms with Crippen molar-refractivity contribution in [1.29, 1.82) is 0 Å². The predicted molar refractivity (Wildman–Crippen MR) is 82.2 cm³/mol. The summed E-state index contributed by atoms with van der Waals surface area (Å²) in [5, 5.41) is 0. The van der Waals surface area contributed by atoms with Gasteiger partial charge in [0.15, 0.2) is 0 Å². The van der Waals surface area contributed by atoms with Gasteiger partial charge >= 0.3 is 0 Å². The van der Waals surface area contributed by atoms with Crippen molar-refractivity contribution in [2.24, 2.45) is 0 Å². The minimum absolute atomic E-state index is 0.143. The molecule has 22 heavy (non-hydrogen) atoms. The molecule has 0 unspecified atom stereocenters. The molecule has 1 aromatic heterocycles. The second-order valence-electron chi connectivity index (χ2n) is 5.29. The lowest BCUT2D eigenvalue weighted by atomic mass is 10.1. The quantitative estimate of drug-likeness (QED) is 0.850. The number of para-hydroxylation sites is 1. The van der Waals surface area contributed by atoms with Crippen LogP contribution < -0.4 is 4.74 Å². The average molecular weight is 297 g/mol. The molecule has 0 bridgehead atoms. The number of hydrogen-bond donors (Lipinski definition) is 0. The van der Waals surface area contributed by atoms with Crippen molar-refractivity contribution in [2.75, 3.05) is 6.61 Å². The molecule has 0 fully saturated rings. The van der Waals surface area contributed by atoms with Gasteiger partial charge < -0.3 is 9.64 Å². The van der Waals surface area contributed by atoms with Crippen molar-refractivity contribution in [3.05, 3.63) is 53.6 Å². The highest BCUT2D eigenvalue weighted by Gasteiger charge is 2.24. The largest absolute Gasteiger partial charge is 0.494 e. The van der Waals surface area contributed by atoms with Gasteiger partial charge in [0.05, 0.1) is 18.8 Å². The average Bonchev–Trinajstić information content (AvgIpc) is 2.98. The maximum absolute atomic E-state index is 12.4. The number of aryl methyl sites for hydroxylation is 1. The first-order chi connectivity index (χ1) is 10.8. The van der Waals surface area contributed by atoms with Gasteiger partial charge in [0.2, 0.25) is 5.91 Å². The zero-order valence-corrected chi connectivity index (χ0v) is 12.7. The lowest BCUT2D eigenvalue weighted by Gasteiger charge is -2.15. The van der Waals surface area contributed by atoms with Gasteiger partial charge in [0.1, 0.15) is 12.1 Å². The molecule has 0 aliphatic carbocycles. The zero-order valence-electron chi connectivity index (χ0n) is 12.7. The van der Waals surface area contributed by atoms with Crippen LogP contribution in [0.2, 0.25) is 0 Å². The molecule has 0 saturated carbocycles. The Labute approximate surface area is 130 Å². The molecule has 1 aliphatic rings. The third kappa shape index (κ3) is 3.08. The summed E-state index contributed by atoms with van der Waals surface area (Å²) in [4.78, 5) is 22.5. The lowest BCUT2D eigenvalue weighted by Crippen LogP contribution is -2.25. The van der Waals surface area contributed by atoms with Crippen LogP contribution in [0.4, 0.5) is 0 Å². The van der Waals surface area contributed by atoms with Crippen LogP contribution in [0.1, 0.15) is 30.2 Å². The summed E-state index contributed by atoms with van der Waals surface area (Å²) in [5.41, 5.74) is 3.08. The number of nitrogens with zero attached hydrogens (tertiary/aromatic N) is 3. The van der Waals surface area contributed by atoms with Crippen molar-refractivity contribution >= 4 is 5.91 Å². The standard InChI is InChI=1S/C17H19N3O2/c1-2-22-16-6-4-3-5-13(16)7-8-17(21)20-10-14-9-18-12-19-15(14)11-20/h3-6,9,12H,2,7-8,10-11H2,1H3. The monoisotopic (exact) mass is 297 g/mol. The van der Waals surface area contributed by atoms with Crippen LogP contribution in [0, 0.1) is 0 Å². The van der Waals surface area contributed by atoms with Gasteiger partial charge in [-0.2, -0.15) is 0 Å². The third-order valence-electron chi connectivity index (χ3n) is 3.82. The van der Waals surface area contributed by atoms with Gasteiger partial charge in [-0.3, -0.25) is 4.79 Å². The molecule has 5 nitrogen and oxygen atoms in total. The number of carbonyl (C=O) groups excluding carboxylic acids is 1. The molecule has 1 amide bonds. The smallest absolute Gasteiger partial charge is 0.223 e. The Morgan fingerprint density at radius 3 is 3.00 bits per heavy atom. The highest BCUT2D eigenvalue weighted by molar-refractivity contribution is 5.77. The second kappa shape index (κ2) is 6.56. The summed E-state index contributed by atoms with van der Waals surface area (Å²) in [6.45, 7) is 3.79. The van der Waals surface area contributed by atoms with Crippen LogP contribution in [0.25, 0.3) is 0 Å². The van der Waals surface area contributed by atoms with E-state index in [4.69, 9.17) is 4.74 Å². The number of ether oxygens (including phenoxy) is 1. The van der Waals surface area contributed by atoms with E-state index < -0.39 is 0 Å². The Bertz CT molecular complexity index is 647. The fraction of sp³-hybridized carbons (Fsp3) is 0.353. The van der Waals surface area contributed by atoms with Crippen molar-refractivity contribution in [3.63, 3.8) is 0 Å². The van der Waals surface area contributed by atoms with E-state index in [0.717, 1.165) is 22.6 Å². The van der Waals surface area contributed by atoms with E-state index in [-0.39, 0.29) is 5.91 Å². The van der Waals surface area contributed by atoms with Crippen LogP contribution in [-0.4, -0.2) is 27.4 Å². The lowest BCUT2D eigenvalue weighted by molar-refractivity contribution is -0.131. The van der Waals surface area contributed by atoms with E-state index in [1.807, 2.05) is 36.1 Å². The Morgan fingerprint density at radius 2 is 2.18 bits per heavy atom. The molecule has 0 saturated heterocycles. The highest BCUT2D eigenvalue weighted by atomic mass is 16.5. The van der Waals surface area contributed by atoms with E-state index in [9.17, 15) is 4.79 Å². The highest BCUT2D eigenvalue weighted by Crippen LogP contribution is 2.23. The third-order valence-corrected chi connectivity index (χ3v) is 3.82. The molecule has 2 aromatic rings. The Kier molecular flexibility index (Phi) is 4.32. The van der Waals surface area contributed by atoms with E-state index in [1.54, 1.807) is 6.20 Å². The number of carbonyl (C=O) groups is 1. The van der Waals surface area contributed by atoms with Gasteiger partial charge in [0.25, 0.3) is 0 Å². The van der Waals surface area contributed by atoms with Crippen LogP contribution in [-0.2, 0) is 24.3 Å². The molecule has 0 atom stereocenters. The Morgan fingerprint density at radius 1 is 1.32 bits per heavy atom. The van der Waals surface area contributed by atoms with Crippen LogP contribution >= 0.6 is 0 Å². The summed E-state index contributed by atoms with van der Waals surface area (Å²) in [6.07, 6.45) is 4.49. The van der Waals surface area contributed by atoms with E-state index in [2.05, 4.69) is 9.97 Å². The normalized spacial score (nSPS) is 13.0. The molecule has 0 N–H and O–H groups in total. The summed E-state index contributed by atoms with van der Waals surface area (Å²) in [5.74, 6) is 1.01. The number of amides is 1. The molecule has 5 heteroatoms. The molecule has 2 heterocycles. The Hall–Kier alpha value is -2.43. The number of aromatic nitrogens is 2. The van der Waals surface area contributed by atoms with E-state index in [1.165, 1.54) is 6.33 Å². The molecular weight excluding hydrogens is 278 g/mol. The molecule has 3 rings (SSSR count). The van der Waals surface area contributed by atoms with E-state index >= 15 is 0 Å². The number of hydrogen-bond acceptors (Lipinski definition) is 4. The molecule has 114 valence electrons. The molecular formula is C17H19N3O2. The first-order valence-electron chi connectivity index (χ1n) is 7.54. The van der Waals surface area contributed by atoms with Crippen LogP contribution in [0.5, 0.6) is 5.75 Å². The fourth-order valence-corrected chi connectivity index (χ4v) is 2.68. The SMILES string of the molecule is CCOc1ccccc1CCC(=O)N1Cc2cncnc2C1. The van der Waals surface area contributed by atoms with Gasteiger partial charge in [0, 0.05) is 24.7 Å². The first kappa shape index (κ1) is 14.5. The van der Waals surface area contributed by atoms with Crippen LogP contribution in [0.3, 0.4) is 0 Å². The van der Waals surface area contributed by atoms with Crippen LogP contribution in [0.15, 0.2) is 36.8 Å². The Balaban J connectivity index is 1.60. The predicted octanol–water partition coefficient (Wildman–Crippen LogP) is 2.35. The van der Waals surface area contributed by atoms with Crippen molar-refractivity contribution in [2.45, 2.75) is 32.9 Å². The summed E-state index contributed by atoms with van der Waals surface area (Å²) in [6, 6.07) is 7.89. The summed E-state index contributed by atoms with van der Waals surface area (Å²) in [7, 11) is 0. The number of fused-ring (bicyclic) bond motifs is 1. The van der Waals surface area contributed by atoms with Crippen molar-refractivity contribution < 1.29 is 9.53 Å². The van der Waals surface area contributed by atoms with Gasteiger partial charge in [-0.05, 0) is 25.0 Å². The zero-order chi connectivity index (χ0) is 15.4. The number of rotatable bonds is 5. The molecule has 0 radical (unpaired) electrons. The molecule has 1 aliphatic heterocycles. The fourth-order valence-electron chi connectivity index (χ4n) is 2.68.